The van der Waals surface area contributed by atoms with Gasteiger partial charge in [-0.25, -0.2) is 4.79 Å². The van der Waals surface area contributed by atoms with E-state index in [9.17, 15) is 14.7 Å². The molecule has 0 bridgehead atoms. The van der Waals surface area contributed by atoms with E-state index in [0.29, 0.717) is 5.56 Å². The molecule has 1 aromatic rings. The fourth-order valence-corrected chi connectivity index (χ4v) is 2.29. The molecule has 7 heteroatoms. The zero-order valence-corrected chi connectivity index (χ0v) is 12.5. The van der Waals surface area contributed by atoms with Gasteiger partial charge in [0.1, 0.15) is 0 Å². The van der Waals surface area contributed by atoms with Gasteiger partial charge in [-0.3, -0.25) is 4.79 Å². The van der Waals surface area contributed by atoms with Crippen LogP contribution < -0.4 is 0 Å². The quantitative estimate of drug-likeness (QED) is 0.828. The third kappa shape index (κ3) is 2.73. The lowest BCUT2D eigenvalue weighted by molar-refractivity contribution is -0.133. The van der Waals surface area contributed by atoms with Gasteiger partial charge in [0.05, 0.1) is 7.11 Å². The molecule has 2 rings (SSSR count). The summed E-state index contributed by atoms with van der Waals surface area (Å²) in [5, 5.41) is 15.0. The zero-order valence-electron chi connectivity index (χ0n) is 11.0. The minimum absolute atomic E-state index is 0.0147. The maximum atomic E-state index is 12.4. The van der Waals surface area contributed by atoms with Crippen molar-refractivity contribution in [2.24, 2.45) is 5.10 Å². The number of esters is 1. The normalized spacial score (nSPS) is 21.6. The van der Waals surface area contributed by atoms with E-state index in [1.807, 2.05) is 0 Å². The minimum Gasteiger partial charge on any atom is -0.464 e. The predicted molar refractivity (Wildman–Crippen MR) is 75.0 cm³/mol. The first-order valence-electron chi connectivity index (χ1n) is 5.83. The molecule has 0 unspecified atom stereocenters. The van der Waals surface area contributed by atoms with E-state index in [0.717, 1.165) is 9.48 Å². The highest BCUT2D eigenvalue weighted by atomic mass is 79.9. The number of halogens is 1. The number of hydrazone groups is 1. The first-order chi connectivity index (χ1) is 9.35. The Hall–Kier alpha value is -1.73. The Labute approximate surface area is 124 Å². The van der Waals surface area contributed by atoms with Crippen LogP contribution in [0.15, 0.2) is 33.8 Å². The lowest BCUT2D eigenvalue weighted by Gasteiger charge is -2.26. The van der Waals surface area contributed by atoms with Gasteiger partial charge >= 0.3 is 5.97 Å². The second-order valence-electron chi connectivity index (χ2n) is 4.56. The molecule has 1 aliphatic heterocycles. The van der Waals surface area contributed by atoms with Crippen LogP contribution in [0.5, 0.6) is 0 Å². The van der Waals surface area contributed by atoms with Crippen molar-refractivity contribution in [3.63, 3.8) is 0 Å². The molecule has 1 aliphatic rings. The number of ether oxygens (including phenoxy) is 1. The lowest BCUT2D eigenvalue weighted by atomic mass is 10.1. The Kier molecular flexibility index (Phi) is 3.92. The van der Waals surface area contributed by atoms with Crippen LogP contribution in [-0.2, 0) is 9.53 Å². The molecule has 0 radical (unpaired) electrons. The van der Waals surface area contributed by atoms with Gasteiger partial charge in [-0.1, -0.05) is 22.0 Å². The van der Waals surface area contributed by atoms with Crippen molar-refractivity contribution in [2.75, 3.05) is 7.11 Å². The lowest BCUT2D eigenvalue weighted by Crippen LogP contribution is -2.43. The summed E-state index contributed by atoms with van der Waals surface area (Å²) in [4.78, 5) is 23.8. The van der Waals surface area contributed by atoms with E-state index < -0.39 is 17.6 Å². The fourth-order valence-electron chi connectivity index (χ4n) is 1.89. The average Bonchev–Trinajstić information content (AvgIpc) is 2.72. The summed E-state index contributed by atoms with van der Waals surface area (Å²) in [7, 11) is 1.22. The number of aliphatic hydroxyl groups is 1. The molecular weight excluding hydrogens is 328 g/mol. The van der Waals surface area contributed by atoms with Gasteiger partial charge in [0.2, 0.25) is 0 Å². The van der Waals surface area contributed by atoms with Crippen molar-refractivity contribution in [1.82, 2.24) is 5.01 Å². The van der Waals surface area contributed by atoms with E-state index in [1.165, 1.54) is 14.0 Å². The Balaban J connectivity index is 2.33. The third-order valence-electron chi connectivity index (χ3n) is 2.86. The summed E-state index contributed by atoms with van der Waals surface area (Å²) >= 11 is 3.27. The molecule has 106 valence electrons. The molecule has 1 atom stereocenters. The van der Waals surface area contributed by atoms with Crippen molar-refractivity contribution < 1.29 is 19.4 Å². The Morgan fingerprint density at radius 1 is 1.50 bits per heavy atom. The van der Waals surface area contributed by atoms with E-state index in [2.05, 4.69) is 25.8 Å². The van der Waals surface area contributed by atoms with Gasteiger partial charge in [-0.2, -0.15) is 10.1 Å². The number of nitrogens with zero attached hydrogens (tertiary/aromatic N) is 2. The van der Waals surface area contributed by atoms with Crippen LogP contribution in [0.25, 0.3) is 0 Å². The highest BCUT2D eigenvalue weighted by Crippen LogP contribution is 2.27. The standard InChI is InChI=1S/C13H13BrN2O4/c1-13(19)7-10(12(18)20-2)15-16(13)11(17)8-4-3-5-9(14)6-8/h3-6,19H,7H2,1-2H3/t13-/m1/s1. The van der Waals surface area contributed by atoms with Crippen LogP contribution in [0.1, 0.15) is 23.7 Å². The van der Waals surface area contributed by atoms with Crippen LogP contribution in [0.2, 0.25) is 0 Å². The fraction of sp³-hybridized carbons (Fsp3) is 0.308. The molecule has 1 N–H and O–H groups in total. The maximum absolute atomic E-state index is 12.4. The maximum Gasteiger partial charge on any atom is 0.354 e. The zero-order chi connectivity index (χ0) is 14.9. The average molecular weight is 341 g/mol. The topological polar surface area (TPSA) is 79.2 Å². The molecule has 0 aliphatic carbocycles. The molecule has 6 nitrogen and oxygen atoms in total. The number of methoxy groups -OCH3 is 1. The van der Waals surface area contributed by atoms with Crippen LogP contribution in [0, 0.1) is 0 Å². The number of carbonyl (C=O) groups is 2. The van der Waals surface area contributed by atoms with E-state index in [-0.39, 0.29) is 12.1 Å². The monoisotopic (exact) mass is 340 g/mol. The predicted octanol–water partition coefficient (Wildman–Crippen LogP) is 1.53. The van der Waals surface area contributed by atoms with Crippen molar-refractivity contribution in [3.05, 3.63) is 34.3 Å². The van der Waals surface area contributed by atoms with Crippen molar-refractivity contribution >= 4 is 33.5 Å². The van der Waals surface area contributed by atoms with E-state index in [4.69, 9.17) is 0 Å². The highest BCUT2D eigenvalue weighted by molar-refractivity contribution is 9.10. The Morgan fingerprint density at radius 2 is 2.20 bits per heavy atom. The minimum atomic E-state index is -1.55. The van der Waals surface area contributed by atoms with E-state index in [1.54, 1.807) is 24.3 Å². The molecule has 0 saturated carbocycles. The third-order valence-corrected chi connectivity index (χ3v) is 3.36. The summed E-state index contributed by atoms with van der Waals surface area (Å²) in [6.45, 7) is 1.42. The number of rotatable bonds is 2. The Morgan fingerprint density at radius 3 is 2.80 bits per heavy atom. The molecule has 1 heterocycles. The molecular formula is C13H13BrN2O4. The van der Waals surface area contributed by atoms with Crippen LogP contribution in [0.3, 0.4) is 0 Å². The number of carbonyl (C=O) groups excluding carboxylic acids is 2. The molecule has 0 saturated heterocycles. The van der Waals surface area contributed by atoms with Gasteiger partial charge in [-0.15, -0.1) is 0 Å². The molecule has 0 fully saturated rings. The van der Waals surface area contributed by atoms with Gasteiger partial charge in [0, 0.05) is 16.5 Å². The van der Waals surface area contributed by atoms with Crippen molar-refractivity contribution in [1.29, 1.82) is 0 Å². The SMILES string of the molecule is COC(=O)C1=NN(C(=O)c2cccc(Br)c2)[C@](C)(O)C1. The van der Waals surface area contributed by atoms with Gasteiger partial charge in [0.15, 0.2) is 11.4 Å². The first kappa shape index (κ1) is 14.7. The molecule has 1 amide bonds. The second-order valence-corrected chi connectivity index (χ2v) is 5.48. The smallest absolute Gasteiger partial charge is 0.354 e. The van der Waals surface area contributed by atoms with Gasteiger partial charge < -0.3 is 9.84 Å². The van der Waals surface area contributed by atoms with Crippen LogP contribution in [-0.4, -0.2) is 40.5 Å². The summed E-state index contributed by atoms with van der Waals surface area (Å²) in [5.74, 6) is -1.15. The van der Waals surface area contributed by atoms with Crippen molar-refractivity contribution in [2.45, 2.75) is 19.1 Å². The summed E-state index contributed by atoms with van der Waals surface area (Å²) < 4.78 is 5.29. The van der Waals surface area contributed by atoms with E-state index >= 15 is 0 Å². The van der Waals surface area contributed by atoms with Crippen LogP contribution in [0.4, 0.5) is 0 Å². The van der Waals surface area contributed by atoms with Gasteiger partial charge in [-0.05, 0) is 25.1 Å². The molecule has 0 spiro atoms. The number of hydrogen-bond acceptors (Lipinski definition) is 5. The summed E-state index contributed by atoms with van der Waals surface area (Å²) in [6.07, 6.45) is -0.0700. The number of hydrogen-bond donors (Lipinski definition) is 1. The second kappa shape index (κ2) is 5.34. The largest absolute Gasteiger partial charge is 0.464 e. The Bertz CT molecular complexity index is 598. The number of amides is 1. The number of benzene rings is 1. The molecule has 0 aromatic heterocycles. The van der Waals surface area contributed by atoms with Gasteiger partial charge in [0.25, 0.3) is 5.91 Å². The van der Waals surface area contributed by atoms with Crippen LogP contribution >= 0.6 is 15.9 Å². The molecule has 1 aromatic carbocycles. The summed E-state index contributed by atoms with van der Waals surface area (Å²) in [5.41, 5.74) is -1.18. The summed E-state index contributed by atoms with van der Waals surface area (Å²) in [6, 6.07) is 6.70. The van der Waals surface area contributed by atoms with Crippen molar-refractivity contribution in [3.8, 4) is 0 Å². The molecule has 20 heavy (non-hydrogen) atoms. The first-order valence-corrected chi connectivity index (χ1v) is 6.63. The highest BCUT2D eigenvalue weighted by Gasteiger charge is 2.43.